The molecule has 0 spiro atoms. The van der Waals surface area contributed by atoms with Crippen LogP contribution in [0.5, 0.6) is 0 Å². The third-order valence-electron chi connectivity index (χ3n) is 11.3. The Bertz CT molecular complexity index is 1370. The van der Waals surface area contributed by atoms with Gasteiger partial charge in [-0.3, -0.25) is 0 Å². The fraction of sp³-hybridized carbons (Fsp3) is 0.578. The molecule has 268 valence electrons. The monoisotopic (exact) mass is 666 g/mol. The van der Waals surface area contributed by atoms with Crippen LogP contribution in [0.1, 0.15) is 118 Å². The third-order valence-corrected chi connectivity index (χ3v) is 11.3. The summed E-state index contributed by atoms with van der Waals surface area (Å²) in [7, 11) is 3.75. The fourth-order valence-corrected chi connectivity index (χ4v) is 7.29. The summed E-state index contributed by atoms with van der Waals surface area (Å²) in [6, 6.07) is 27.5. The predicted octanol–water partition coefficient (Wildman–Crippen LogP) is 9.38. The van der Waals surface area contributed by atoms with Gasteiger partial charge < -0.3 is 20.3 Å². The Morgan fingerprint density at radius 1 is 0.633 bits per heavy atom. The molecule has 0 radical (unpaired) electrons. The van der Waals surface area contributed by atoms with Crippen molar-refractivity contribution in [2.45, 2.75) is 128 Å². The molecule has 4 aliphatic rings. The molecule has 1 heterocycles. The maximum absolute atomic E-state index is 10.5. The lowest BCUT2D eigenvalue weighted by Crippen LogP contribution is -2.26. The van der Waals surface area contributed by atoms with E-state index >= 15 is 0 Å². The van der Waals surface area contributed by atoms with E-state index in [4.69, 9.17) is 0 Å². The molecular weight excluding hydrogens is 599 g/mol. The Balaban J connectivity index is 0.000000160. The predicted molar refractivity (Wildman–Crippen MR) is 210 cm³/mol. The van der Waals surface area contributed by atoms with Crippen LogP contribution in [0.2, 0.25) is 0 Å². The number of rotatable bonds is 12. The van der Waals surface area contributed by atoms with E-state index < -0.39 is 0 Å². The average molecular weight is 666 g/mol. The molecule has 4 fully saturated rings. The molecule has 0 atom stereocenters. The summed E-state index contributed by atoms with van der Waals surface area (Å²) in [6.45, 7) is 16.0. The molecule has 49 heavy (non-hydrogen) atoms. The van der Waals surface area contributed by atoms with Gasteiger partial charge in [0.15, 0.2) is 0 Å². The third kappa shape index (κ3) is 11.9. The number of aldehydes is 1. The number of carbonyl (C=O) groups is 1. The van der Waals surface area contributed by atoms with Crippen molar-refractivity contribution in [3.63, 3.8) is 0 Å². The van der Waals surface area contributed by atoms with Crippen LogP contribution in [0, 0.1) is 20.8 Å². The number of aryl methyl sites for hydroxylation is 3. The summed E-state index contributed by atoms with van der Waals surface area (Å²) >= 11 is 0. The SMILES string of the molecule is CNC.Cc1ccc(C2(CC=O)CC2)cc1.Cc1ccc(C2(CCN3CCCC3)CC2)cc1.Cc1ccc(C2(CCNC(C)C)CC2)cc1. The molecule has 3 aliphatic carbocycles. The highest BCUT2D eigenvalue weighted by Gasteiger charge is 2.45. The molecule has 0 aromatic heterocycles. The first-order valence-corrected chi connectivity index (χ1v) is 19.3. The van der Waals surface area contributed by atoms with Crippen LogP contribution < -0.4 is 10.6 Å². The van der Waals surface area contributed by atoms with Crippen LogP contribution in [0.4, 0.5) is 0 Å². The Labute approximate surface area is 299 Å². The van der Waals surface area contributed by atoms with Crippen LogP contribution >= 0.6 is 0 Å². The molecule has 1 aliphatic heterocycles. The Hall–Kier alpha value is -2.79. The van der Waals surface area contributed by atoms with Crippen molar-refractivity contribution in [1.82, 2.24) is 15.5 Å². The number of benzene rings is 3. The molecular formula is C45H67N3O. The van der Waals surface area contributed by atoms with Crippen molar-refractivity contribution in [3.8, 4) is 0 Å². The summed E-state index contributed by atoms with van der Waals surface area (Å²) < 4.78 is 0. The zero-order valence-corrected chi connectivity index (χ0v) is 32.0. The second kappa shape index (κ2) is 18.4. The van der Waals surface area contributed by atoms with E-state index in [0.29, 0.717) is 23.3 Å². The highest BCUT2D eigenvalue weighted by atomic mass is 16.1. The zero-order chi connectivity index (χ0) is 35.3. The van der Waals surface area contributed by atoms with Crippen molar-refractivity contribution in [3.05, 3.63) is 106 Å². The van der Waals surface area contributed by atoms with Gasteiger partial charge in [-0.15, -0.1) is 0 Å². The first kappa shape index (κ1) is 39.0. The van der Waals surface area contributed by atoms with E-state index in [1.807, 2.05) is 14.1 Å². The maximum atomic E-state index is 10.5. The van der Waals surface area contributed by atoms with Crippen molar-refractivity contribution in [2.75, 3.05) is 40.3 Å². The minimum atomic E-state index is 0.218. The second-order valence-corrected chi connectivity index (χ2v) is 16.0. The number of nitrogens with one attached hydrogen (secondary N) is 2. The van der Waals surface area contributed by atoms with Crippen molar-refractivity contribution in [1.29, 1.82) is 0 Å². The Morgan fingerprint density at radius 2 is 1.00 bits per heavy atom. The number of nitrogens with zero attached hydrogens (tertiary/aromatic N) is 1. The van der Waals surface area contributed by atoms with E-state index in [9.17, 15) is 4.79 Å². The van der Waals surface area contributed by atoms with Crippen molar-refractivity contribution < 1.29 is 4.79 Å². The Morgan fingerprint density at radius 3 is 1.35 bits per heavy atom. The summed E-state index contributed by atoms with van der Waals surface area (Å²) in [4.78, 5) is 13.1. The van der Waals surface area contributed by atoms with E-state index in [1.165, 1.54) is 106 Å². The summed E-state index contributed by atoms with van der Waals surface area (Å²) in [5.74, 6) is 0. The normalized spacial score (nSPS) is 18.9. The maximum Gasteiger partial charge on any atom is 0.120 e. The van der Waals surface area contributed by atoms with Crippen LogP contribution in [0.15, 0.2) is 72.8 Å². The van der Waals surface area contributed by atoms with Gasteiger partial charge in [0.2, 0.25) is 0 Å². The molecule has 3 saturated carbocycles. The molecule has 1 saturated heterocycles. The molecule has 7 rings (SSSR count). The minimum Gasteiger partial charge on any atom is -0.323 e. The van der Waals surface area contributed by atoms with Gasteiger partial charge in [-0.25, -0.2) is 0 Å². The molecule has 3 aromatic rings. The number of carbonyl (C=O) groups excluding carboxylic acids is 1. The van der Waals surface area contributed by atoms with Crippen LogP contribution in [0.3, 0.4) is 0 Å². The highest BCUT2D eigenvalue weighted by Crippen LogP contribution is 2.52. The van der Waals surface area contributed by atoms with E-state index in [1.54, 1.807) is 11.1 Å². The van der Waals surface area contributed by atoms with Gasteiger partial charge in [-0.2, -0.15) is 0 Å². The molecule has 4 heteroatoms. The zero-order valence-electron chi connectivity index (χ0n) is 32.0. The molecule has 3 aromatic carbocycles. The minimum absolute atomic E-state index is 0.218. The van der Waals surface area contributed by atoms with Gasteiger partial charge in [0.1, 0.15) is 6.29 Å². The summed E-state index contributed by atoms with van der Waals surface area (Å²) in [6.07, 6.45) is 15.1. The lowest BCUT2D eigenvalue weighted by Gasteiger charge is -2.21. The van der Waals surface area contributed by atoms with Gasteiger partial charge in [0.05, 0.1) is 0 Å². The van der Waals surface area contributed by atoms with Gasteiger partial charge in [-0.05, 0) is 153 Å². The molecule has 0 amide bonds. The van der Waals surface area contributed by atoms with Gasteiger partial charge in [0, 0.05) is 17.9 Å². The largest absolute Gasteiger partial charge is 0.323 e. The number of hydrogen-bond acceptors (Lipinski definition) is 4. The van der Waals surface area contributed by atoms with E-state index in [-0.39, 0.29) is 5.41 Å². The van der Waals surface area contributed by atoms with Crippen LogP contribution in [0.25, 0.3) is 0 Å². The summed E-state index contributed by atoms with van der Waals surface area (Å²) in [5.41, 5.74) is 9.77. The number of hydrogen-bond donors (Lipinski definition) is 2. The van der Waals surface area contributed by atoms with Gasteiger partial charge >= 0.3 is 0 Å². The first-order valence-electron chi connectivity index (χ1n) is 19.3. The highest BCUT2D eigenvalue weighted by molar-refractivity contribution is 5.55. The quantitative estimate of drug-likeness (QED) is 0.189. The van der Waals surface area contributed by atoms with Gasteiger partial charge in [0.25, 0.3) is 0 Å². The van der Waals surface area contributed by atoms with Crippen LogP contribution in [-0.2, 0) is 21.0 Å². The van der Waals surface area contributed by atoms with Crippen molar-refractivity contribution in [2.24, 2.45) is 0 Å². The van der Waals surface area contributed by atoms with Crippen molar-refractivity contribution >= 4 is 6.29 Å². The van der Waals surface area contributed by atoms with Crippen LogP contribution in [-0.4, -0.2) is 57.5 Å². The smallest absolute Gasteiger partial charge is 0.120 e. The lowest BCUT2D eigenvalue weighted by molar-refractivity contribution is -0.108. The summed E-state index contributed by atoms with van der Waals surface area (Å²) in [5, 5.41) is 6.27. The average Bonchev–Trinajstić information content (AvgIpc) is 4.04. The first-order chi connectivity index (χ1) is 23.6. The molecule has 0 bridgehead atoms. The fourth-order valence-electron chi connectivity index (χ4n) is 7.29. The lowest BCUT2D eigenvalue weighted by atomic mass is 9.91. The standard InChI is InChI=1S/C16H23N.C15H23N.C12H14O.C2H7N/c1-14-4-6-15(7-5-14)16(8-9-16)10-13-17-11-2-3-12-17;1-12(2)16-11-10-15(8-9-15)14-6-4-13(3)5-7-14;1-10-2-4-11(5-3-10)12(6-7-12)8-9-13;1-3-2/h4-7H,2-3,8-13H2,1H3;4-7,12,16H,8-11H2,1-3H3;2-5,9H,6-8H2,1H3;3H,1-2H3. The molecule has 2 N–H and O–H groups in total. The number of likely N-dealkylation sites (tertiary alicyclic amines) is 1. The topological polar surface area (TPSA) is 44.4 Å². The van der Waals surface area contributed by atoms with E-state index in [2.05, 4.69) is 123 Å². The second-order valence-electron chi connectivity index (χ2n) is 16.0. The Kier molecular flexibility index (Phi) is 14.7. The van der Waals surface area contributed by atoms with Gasteiger partial charge in [-0.1, -0.05) is 103 Å². The van der Waals surface area contributed by atoms with E-state index in [0.717, 1.165) is 12.8 Å². The molecule has 0 unspecified atom stereocenters. The molecule has 4 nitrogen and oxygen atoms in total.